The van der Waals surface area contributed by atoms with Crippen molar-refractivity contribution in [3.63, 3.8) is 0 Å². The lowest BCUT2D eigenvalue weighted by Crippen LogP contribution is -2.35. The third kappa shape index (κ3) is 4.71. The van der Waals surface area contributed by atoms with Gasteiger partial charge in [0.25, 0.3) is 5.56 Å². The van der Waals surface area contributed by atoms with Gasteiger partial charge in [-0.1, -0.05) is 0 Å². The average Bonchev–Trinajstić information content (AvgIpc) is 2.76. The second kappa shape index (κ2) is 9.38. The van der Waals surface area contributed by atoms with Crippen LogP contribution in [-0.2, 0) is 0 Å². The molecule has 2 aromatic carbocycles. The van der Waals surface area contributed by atoms with E-state index in [1.54, 1.807) is 26.3 Å². The Morgan fingerprint density at radius 3 is 2.42 bits per heavy atom. The van der Waals surface area contributed by atoms with E-state index in [4.69, 9.17) is 14.2 Å². The molecule has 0 fully saturated rings. The van der Waals surface area contributed by atoms with E-state index in [1.165, 1.54) is 7.11 Å². The fourth-order valence-corrected chi connectivity index (χ4v) is 3.35. The number of carbonyl (C=O) groups is 1. The normalized spacial score (nSPS) is 10.6. The summed E-state index contributed by atoms with van der Waals surface area (Å²) < 4.78 is 16.5. The molecule has 3 rings (SSSR count). The van der Waals surface area contributed by atoms with E-state index >= 15 is 0 Å². The molecule has 3 aromatic rings. The highest BCUT2D eigenvalue weighted by Gasteiger charge is 2.15. The Labute approximate surface area is 179 Å². The number of aryl methyl sites for hydroxylation is 2. The molecule has 164 valence electrons. The van der Waals surface area contributed by atoms with E-state index in [9.17, 15) is 9.59 Å². The number of amides is 2. The molecule has 0 bridgehead atoms. The van der Waals surface area contributed by atoms with Crippen LogP contribution in [0.1, 0.15) is 11.1 Å². The van der Waals surface area contributed by atoms with Gasteiger partial charge in [0, 0.05) is 24.7 Å². The van der Waals surface area contributed by atoms with Crippen LogP contribution < -0.4 is 30.4 Å². The number of methoxy groups -OCH3 is 2. The first-order chi connectivity index (χ1) is 14.9. The first kappa shape index (κ1) is 21.9. The van der Waals surface area contributed by atoms with Gasteiger partial charge in [0.2, 0.25) is 0 Å². The number of hydrogen-bond donors (Lipinski definition) is 3. The second-order valence-electron chi connectivity index (χ2n) is 6.93. The van der Waals surface area contributed by atoms with Gasteiger partial charge in [-0.25, -0.2) is 9.78 Å². The number of aromatic amines is 1. The zero-order valence-corrected chi connectivity index (χ0v) is 18.2. The smallest absolute Gasteiger partial charge is 0.314 e. The molecule has 9 nitrogen and oxygen atoms in total. The lowest BCUT2D eigenvalue weighted by atomic mass is 10.0. The Hall–Kier alpha value is -3.75. The molecule has 3 N–H and O–H groups in total. The van der Waals surface area contributed by atoms with Crippen molar-refractivity contribution < 1.29 is 19.0 Å². The number of benzene rings is 2. The molecule has 0 aliphatic heterocycles. The van der Waals surface area contributed by atoms with Crippen molar-refractivity contribution in [2.45, 2.75) is 13.8 Å². The quantitative estimate of drug-likeness (QED) is 0.500. The molecule has 0 aliphatic carbocycles. The van der Waals surface area contributed by atoms with E-state index in [1.807, 2.05) is 26.0 Å². The minimum Gasteiger partial charge on any atom is -0.497 e. The summed E-state index contributed by atoms with van der Waals surface area (Å²) in [5.41, 5.74) is 2.72. The zero-order valence-electron chi connectivity index (χ0n) is 18.2. The number of aromatic nitrogens is 2. The fourth-order valence-electron chi connectivity index (χ4n) is 3.35. The third-order valence-electron chi connectivity index (χ3n) is 4.80. The largest absolute Gasteiger partial charge is 0.497 e. The third-order valence-corrected chi connectivity index (χ3v) is 4.80. The van der Waals surface area contributed by atoms with Crippen LogP contribution in [0.25, 0.3) is 22.3 Å². The zero-order chi connectivity index (χ0) is 22.5. The van der Waals surface area contributed by atoms with Gasteiger partial charge < -0.3 is 29.8 Å². The van der Waals surface area contributed by atoms with Crippen LogP contribution >= 0.6 is 0 Å². The summed E-state index contributed by atoms with van der Waals surface area (Å²) >= 11 is 0. The van der Waals surface area contributed by atoms with Crippen LogP contribution in [0, 0.1) is 13.8 Å². The van der Waals surface area contributed by atoms with Gasteiger partial charge in [-0.3, -0.25) is 4.79 Å². The summed E-state index contributed by atoms with van der Waals surface area (Å²) in [6.07, 6.45) is 0. The van der Waals surface area contributed by atoms with Crippen molar-refractivity contribution in [2.75, 3.05) is 34.4 Å². The van der Waals surface area contributed by atoms with Gasteiger partial charge in [0.1, 0.15) is 35.1 Å². The van der Waals surface area contributed by atoms with Crippen LogP contribution in [0.3, 0.4) is 0 Å². The lowest BCUT2D eigenvalue weighted by molar-refractivity contribution is 0.238. The highest BCUT2D eigenvalue weighted by molar-refractivity contribution is 5.87. The minimum absolute atomic E-state index is 0.257. The molecular weight excluding hydrogens is 400 g/mol. The molecule has 0 aliphatic rings. The molecule has 1 heterocycles. The first-order valence-corrected chi connectivity index (χ1v) is 9.74. The standard InChI is InChI=1S/C22H26N4O5/c1-12-8-14(9-13(2)19(12)31-7-6-24-22(28)23-3)20-25-16-10-15(29-4)11-17(30-5)18(16)21(27)26-20/h8-11H,6-7H2,1-5H3,(H2,23,24,28)(H,25,26,27). The summed E-state index contributed by atoms with van der Waals surface area (Å²) in [5.74, 6) is 2.12. The van der Waals surface area contributed by atoms with Gasteiger partial charge in [0.15, 0.2) is 0 Å². The molecule has 2 amide bonds. The van der Waals surface area contributed by atoms with Crippen LogP contribution in [0.5, 0.6) is 17.2 Å². The maximum absolute atomic E-state index is 12.8. The van der Waals surface area contributed by atoms with Gasteiger partial charge in [-0.05, 0) is 37.1 Å². The summed E-state index contributed by atoms with van der Waals surface area (Å²) in [5, 5.41) is 5.53. The van der Waals surface area contributed by atoms with Crippen LogP contribution in [0.15, 0.2) is 29.1 Å². The SMILES string of the molecule is CNC(=O)NCCOc1c(C)cc(-c2nc3cc(OC)cc(OC)c3c(=O)[nH]2)cc1C. The lowest BCUT2D eigenvalue weighted by Gasteiger charge is -2.15. The number of nitrogens with zero attached hydrogens (tertiary/aromatic N) is 1. The molecule has 0 radical (unpaired) electrons. The number of urea groups is 1. The van der Waals surface area contributed by atoms with Crippen molar-refractivity contribution in [1.82, 2.24) is 20.6 Å². The molecule has 0 saturated carbocycles. The average molecular weight is 426 g/mol. The maximum atomic E-state index is 12.8. The number of ether oxygens (including phenoxy) is 3. The molecule has 0 unspecified atom stereocenters. The monoisotopic (exact) mass is 426 g/mol. The van der Waals surface area contributed by atoms with E-state index in [2.05, 4.69) is 20.6 Å². The second-order valence-corrected chi connectivity index (χ2v) is 6.93. The van der Waals surface area contributed by atoms with E-state index in [0.717, 1.165) is 22.4 Å². The van der Waals surface area contributed by atoms with Crippen LogP contribution in [0.2, 0.25) is 0 Å². The van der Waals surface area contributed by atoms with Gasteiger partial charge in [-0.2, -0.15) is 0 Å². The highest BCUT2D eigenvalue weighted by Crippen LogP contribution is 2.31. The Kier molecular flexibility index (Phi) is 6.64. The van der Waals surface area contributed by atoms with E-state index < -0.39 is 0 Å². The molecular formula is C22H26N4O5. The first-order valence-electron chi connectivity index (χ1n) is 9.74. The van der Waals surface area contributed by atoms with Gasteiger partial charge >= 0.3 is 6.03 Å². The summed E-state index contributed by atoms with van der Waals surface area (Å²) in [6, 6.07) is 6.89. The van der Waals surface area contributed by atoms with Gasteiger partial charge in [0.05, 0.1) is 26.3 Å². The predicted octanol–water partition coefficient (Wildman–Crippen LogP) is 2.53. The topological polar surface area (TPSA) is 115 Å². The molecule has 0 saturated heterocycles. The van der Waals surface area contributed by atoms with Crippen molar-refractivity contribution in [3.8, 4) is 28.6 Å². The number of rotatable bonds is 7. The summed E-state index contributed by atoms with van der Waals surface area (Å²) in [4.78, 5) is 31.5. The Balaban J connectivity index is 1.94. The number of H-pyrrole nitrogens is 1. The number of carbonyl (C=O) groups excluding carboxylic acids is 1. The number of hydrogen-bond acceptors (Lipinski definition) is 6. The fraction of sp³-hybridized carbons (Fsp3) is 0.318. The molecule has 0 spiro atoms. The van der Waals surface area contributed by atoms with Crippen molar-refractivity contribution >= 4 is 16.9 Å². The maximum Gasteiger partial charge on any atom is 0.314 e. The Morgan fingerprint density at radius 2 is 1.81 bits per heavy atom. The number of fused-ring (bicyclic) bond motifs is 1. The van der Waals surface area contributed by atoms with E-state index in [0.29, 0.717) is 41.4 Å². The Bertz CT molecular complexity index is 1150. The number of nitrogens with one attached hydrogen (secondary N) is 3. The van der Waals surface area contributed by atoms with Crippen molar-refractivity contribution in [1.29, 1.82) is 0 Å². The predicted molar refractivity (Wildman–Crippen MR) is 118 cm³/mol. The van der Waals surface area contributed by atoms with Crippen LogP contribution in [-0.4, -0.2) is 50.4 Å². The highest BCUT2D eigenvalue weighted by atomic mass is 16.5. The molecule has 9 heteroatoms. The van der Waals surface area contributed by atoms with E-state index in [-0.39, 0.29) is 11.6 Å². The molecule has 1 aromatic heterocycles. The molecule has 0 atom stereocenters. The summed E-state index contributed by atoms with van der Waals surface area (Å²) in [6.45, 7) is 4.55. The van der Waals surface area contributed by atoms with Crippen LogP contribution in [0.4, 0.5) is 4.79 Å². The van der Waals surface area contributed by atoms with Crippen molar-refractivity contribution in [2.24, 2.45) is 0 Å². The van der Waals surface area contributed by atoms with Crippen molar-refractivity contribution in [3.05, 3.63) is 45.7 Å². The Morgan fingerprint density at radius 1 is 1.10 bits per heavy atom. The minimum atomic E-state index is -0.296. The summed E-state index contributed by atoms with van der Waals surface area (Å²) in [7, 11) is 4.60. The van der Waals surface area contributed by atoms with Gasteiger partial charge in [-0.15, -0.1) is 0 Å². The molecule has 31 heavy (non-hydrogen) atoms.